The molecule has 40 heavy (non-hydrogen) atoms. The van der Waals surface area contributed by atoms with E-state index in [4.69, 9.17) is 0 Å². The van der Waals surface area contributed by atoms with E-state index in [1.54, 1.807) is 34.1 Å². The van der Waals surface area contributed by atoms with Crippen LogP contribution in [0.3, 0.4) is 0 Å². The maximum atomic E-state index is 15.1. The molecule has 4 heterocycles. The van der Waals surface area contributed by atoms with E-state index in [1.165, 1.54) is 0 Å². The monoisotopic (exact) mass is 527 g/mol. The molecule has 7 nitrogen and oxygen atoms in total. The second-order valence-electron chi connectivity index (χ2n) is 10.5. The Labute approximate surface area is 231 Å². The van der Waals surface area contributed by atoms with Crippen LogP contribution in [0.15, 0.2) is 121 Å². The Morgan fingerprint density at radius 2 is 0.975 bits per heavy atom. The van der Waals surface area contributed by atoms with Gasteiger partial charge in [0.2, 0.25) is 23.6 Å². The number of rotatable bonds is 5. The lowest BCUT2D eigenvalue weighted by atomic mass is 9.53. The van der Waals surface area contributed by atoms with Crippen molar-refractivity contribution >= 4 is 35.0 Å². The summed E-state index contributed by atoms with van der Waals surface area (Å²) < 4.78 is 0. The number of fused-ring (bicyclic) bond motifs is 2. The Bertz CT molecular complexity index is 1580. The van der Waals surface area contributed by atoms with Crippen molar-refractivity contribution in [3.63, 3.8) is 0 Å². The minimum absolute atomic E-state index is 0.0229. The molecule has 2 atom stereocenters. The first-order chi connectivity index (χ1) is 19.5. The number of benzene rings is 4. The van der Waals surface area contributed by atoms with Gasteiger partial charge >= 0.3 is 0 Å². The number of piperidine rings is 2. The molecule has 0 radical (unpaired) electrons. The molecule has 8 rings (SSSR count). The van der Waals surface area contributed by atoms with Gasteiger partial charge in [-0.05, 0) is 41.8 Å². The molecule has 0 spiro atoms. The van der Waals surface area contributed by atoms with Crippen molar-refractivity contribution in [3.05, 3.63) is 132 Å². The minimum atomic E-state index is -1.84. The van der Waals surface area contributed by atoms with Gasteiger partial charge in [0.25, 0.3) is 0 Å². The van der Waals surface area contributed by atoms with Gasteiger partial charge in [0.15, 0.2) is 5.66 Å². The molecular formula is C33H25N3O4. The van der Waals surface area contributed by atoms with E-state index in [1.807, 2.05) is 97.1 Å². The first-order valence-corrected chi connectivity index (χ1v) is 13.2. The molecule has 0 unspecified atom stereocenters. The summed E-state index contributed by atoms with van der Waals surface area (Å²) in [6.07, 6.45) is -0.0229. The Morgan fingerprint density at radius 3 is 1.48 bits per heavy atom. The van der Waals surface area contributed by atoms with Crippen LogP contribution in [-0.2, 0) is 31.3 Å². The number of anilines is 2. The number of para-hydroxylation sites is 2. The quantitative estimate of drug-likeness (QED) is 0.313. The average molecular weight is 528 g/mol. The van der Waals surface area contributed by atoms with Crippen molar-refractivity contribution in [1.29, 1.82) is 0 Å². The fraction of sp³-hybridized carbons (Fsp3) is 0.152. The molecule has 4 aromatic carbocycles. The predicted octanol–water partition coefficient (Wildman–Crippen LogP) is 4.05. The van der Waals surface area contributed by atoms with Gasteiger partial charge in [0, 0.05) is 11.4 Å². The Hall–Kier alpha value is -5.04. The molecule has 0 aromatic heterocycles. The zero-order chi connectivity index (χ0) is 27.5. The van der Waals surface area contributed by atoms with Gasteiger partial charge in [-0.15, -0.1) is 0 Å². The lowest BCUT2D eigenvalue weighted by Crippen LogP contribution is -2.84. The first kappa shape index (κ1) is 24.0. The van der Waals surface area contributed by atoms with Crippen molar-refractivity contribution in [2.75, 3.05) is 9.80 Å². The zero-order valence-corrected chi connectivity index (χ0v) is 21.4. The summed E-state index contributed by atoms with van der Waals surface area (Å²) in [4.78, 5) is 60.9. The molecule has 4 aliphatic rings. The summed E-state index contributed by atoms with van der Waals surface area (Å²) in [7, 11) is 0. The molecule has 0 aliphatic carbocycles. The summed E-state index contributed by atoms with van der Waals surface area (Å²) in [5.74, 6) is -4.31. The molecule has 4 saturated heterocycles. The maximum Gasteiger partial charge on any atom is 0.246 e. The van der Waals surface area contributed by atoms with Gasteiger partial charge in [0.05, 0.1) is 11.8 Å². The number of hydrogen-bond donors (Lipinski definition) is 1. The van der Waals surface area contributed by atoms with Crippen molar-refractivity contribution in [2.45, 2.75) is 12.1 Å². The van der Waals surface area contributed by atoms with E-state index in [0.717, 1.165) is 5.56 Å². The fourth-order valence-corrected chi connectivity index (χ4v) is 7.03. The van der Waals surface area contributed by atoms with Crippen LogP contribution in [0.4, 0.5) is 11.4 Å². The molecule has 196 valence electrons. The van der Waals surface area contributed by atoms with Crippen molar-refractivity contribution in [3.8, 4) is 0 Å². The number of imide groups is 1. The molecule has 1 N–H and O–H groups in total. The van der Waals surface area contributed by atoms with E-state index in [-0.39, 0.29) is 6.42 Å². The van der Waals surface area contributed by atoms with E-state index < -0.39 is 46.5 Å². The highest BCUT2D eigenvalue weighted by atomic mass is 16.2. The number of amides is 4. The normalized spacial score (nSPS) is 27.1. The molecule has 0 saturated carbocycles. The summed E-state index contributed by atoms with van der Waals surface area (Å²) in [5.41, 5.74) is -1.11. The first-order valence-electron chi connectivity index (χ1n) is 13.2. The van der Waals surface area contributed by atoms with Gasteiger partial charge in [-0.25, -0.2) is 0 Å². The third-order valence-corrected chi connectivity index (χ3v) is 8.51. The van der Waals surface area contributed by atoms with Crippen molar-refractivity contribution in [1.82, 2.24) is 5.32 Å². The number of nitrogens with one attached hydrogen (secondary N) is 1. The molecule has 4 fully saturated rings. The van der Waals surface area contributed by atoms with Gasteiger partial charge in [-0.1, -0.05) is 97.1 Å². The number of carbonyl (C=O) groups is 4. The number of nitrogens with zero attached hydrogens (tertiary/aromatic N) is 2. The van der Waals surface area contributed by atoms with E-state index in [2.05, 4.69) is 5.32 Å². The third-order valence-electron chi connectivity index (χ3n) is 8.51. The smallest absolute Gasteiger partial charge is 0.246 e. The molecule has 4 aliphatic heterocycles. The predicted molar refractivity (Wildman–Crippen MR) is 149 cm³/mol. The molecule has 4 aromatic rings. The Kier molecular flexibility index (Phi) is 5.25. The number of carbonyl (C=O) groups excluding carboxylic acids is 4. The Balaban J connectivity index is 1.63. The molecule has 2 bridgehead atoms. The van der Waals surface area contributed by atoms with Gasteiger partial charge in [-0.2, -0.15) is 0 Å². The second-order valence-corrected chi connectivity index (χ2v) is 10.5. The standard InChI is InChI=1S/C33H25N3O4/c37-28-26-27(29(38)34-28)33(23-15-7-2-8-16-23)35(24-17-9-3-10-18-24)30(39)32(26,21-22-13-5-1-6-14-22)31(40)36(33)25-19-11-4-12-20-25/h1-20,26-27H,21H2,(H,34,37,38)/t26-,27+,32?,33?/m1/s1. The summed E-state index contributed by atoms with van der Waals surface area (Å²) in [6.45, 7) is 0. The van der Waals surface area contributed by atoms with E-state index in [9.17, 15) is 9.59 Å². The van der Waals surface area contributed by atoms with Crippen LogP contribution in [-0.4, -0.2) is 23.6 Å². The van der Waals surface area contributed by atoms with Crippen molar-refractivity contribution in [2.24, 2.45) is 17.3 Å². The van der Waals surface area contributed by atoms with Crippen LogP contribution in [0.25, 0.3) is 0 Å². The number of hydrogen-bond acceptors (Lipinski definition) is 4. The van der Waals surface area contributed by atoms with Crippen LogP contribution in [0.1, 0.15) is 11.1 Å². The van der Waals surface area contributed by atoms with Crippen LogP contribution in [0.5, 0.6) is 0 Å². The SMILES string of the molecule is O=C1NC(=O)[C@H]2[C@@H]1C1(c3ccccc3)N(c3ccccc3)C(=O)C2(Cc2ccccc2)C(=O)N1c1ccccc1. The van der Waals surface area contributed by atoms with Crippen LogP contribution in [0, 0.1) is 17.3 Å². The topological polar surface area (TPSA) is 86.8 Å². The van der Waals surface area contributed by atoms with Crippen LogP contribution in [0.2, 0.25) is 0 Å². The summed E-state index contributed by atoms with van der Waals surface area (Å²) >= 11 is 0. The highest BCUT2D eigenvalue weighted by molar-refractivity contribution is 6.28. The Morgan fingerprint density at radius 1 is 0.550 bits per heavy atom. The maximum absolute atomic E-state index is 15.1. The van der Waals surface area contributed by atoms with Crippen LogP contribution < -0.4 is 15.1 Å². The second kappa shape index (κ2) is 8.74. The third kappa shape index (κ3) is 3.00. The fourth-order valence-electron chi connectivity index (χ4n) is 7.03. The summed E-state index contributed by atoms with van der Waals surface area (Å²) in [5, 5.41) is 2.51. The highest BCUT2D eigenvalue weighted by Gasteiger charge is 2.81. The lowest BCUT2D eigenvalue weighted by molar-refractivity contribution is -0.167. The summed E-state index contributed by atoms with van der Waals surface area (Å²) in [6, 6.07) is 36.5. The van der Waals surface area contributed by atoms with Gasteiger partial charge in [-0.3, -0.25) is 34.3 Å². The minimum Gasteiger partial charge on any atom is -0.296 e. The van der Waals surface area contributed by atoms with Crippen molar-refractivity contribution < 1.29 is 19.2 Å². The zero-order valence-electron chi connectivity index (χ0n) is 21.4. The largest absolute Gasteiger partial charge is 0.296 e. The lowest BCUT2D eigenvalue weighted by Gasteiger charge is -2.66. The van der Waals surface area contributed by atoms with Crippen LogP contribution >= 0.6 is 0 Å². The average Bonchev–Trinajstić information content (AvgIpc) is 3.31. The molecule has 4 amide bonds. The van der Waals surface area contributed by atoms with Gasteiger partial charge in [0.1, 0.15) is 5.41 Å². The molecule has 7 heteroatoms. The van der Waals surface area contributed by atoms with E-state index in [0.29, 0.717) is 16.9 Å². The van der Waals surface area contributed by atoms with Gasteiger partial charge < -0.3 is 0 Å². The van der Waals surface area contributed by atoms with E-state index >= 15 is 9.59 Å². The highest BCUT2D eigenvalue weighted by Crippen LogP contribution is 2.64. The molecular weight excluding hydrogens is 502 g/mol.